The second-order valence-electron chi connectivity index (χ2n) is 8.45. The van der Waals surface area contributed by atoms with E-state index in [0.717, 1.165) is 37.1 Å². The molecule has 8 heteroatoms. The summed E-state index contributed by atoms with van der Waals surface area (Å²) >= 11 is 0. The van der Waals surface area contributed by atoms with Crippen molar-refractivity contribution in [2.24, 2.45) is 0 Å². The molecule has 3 aliphatic rings. The first kappa shape index (κ1) is 20.5. The largest absolute Gasteiger partial charge is 0.477 e. The Hall–Kier alpha value is -3.42. The molecule has 168 valence electrons. The zero-order chi connectivity index (χ0) is 22.1. The summed E-state index contributed by atoms with van der Waals surface area (Å²) in [5.74, 6) is 1.01. The quantitative estimate of drug-likeness (QED) is 0.764. The van der Waals surface area contributed by atoms with Gasteiger partial charge in [-0.3, -0.25) is 9.59 Å². The third-order valence-corrected chi connectivity index (χ3v) is 6.17. The highest BCUT2D eigenvalue weighted by atomic mass is 16.7. The van der Waals surface area contributed by atoms with Gasteiger partial charge in [0, 0.05) is 31.6 Å². The molecule has 1 atom stereocenters. The molecule has 8 nitrogen and oxygen atoms in total. The van der Waals surface area contributed by atoms with Gasteiger partial charge in [0.05, 0.1) is 18.8 Å². The molecule has 1 aliphatic carbocycles. The van der Waals surface area contributed by atoms with Gasteiger partial charge in [0.2, 0.25) is 5.91 Å². The number of hydrogen-bond donors (Lipinski definition) is 2. The van der Waals surface area contributed by atoms with Crippen molar-refractivity contribution in [2.75, 3.05) is 30.4 Å². The van der Waals surface area contributed by atoms with Crippen LogP contribution < -0.4 is 29.7 Å². The van der Waals surface area contributed by atoms with E-state index in [1.54, 1.807) is 13.1 Å². The van der Waals surface area contributed by atoms with Crippen LogP contribution in [0.15, 0.2) is 42.5 Å². The summed E-state index contributed by atoms with van der Waals surface area (Å²) in [5, 5.41) is 5.55. The number of hydrogen-bond acceptors (Lipinski definition) is 6. The van der Waals surface area contributed by atoms with Crippen LogP contribution in [-0.2, 0) is 9.59 Å². The van der Waals surface area contributed by atoms with Crippen LogP contribution in [0.2, 0.25) is 0 Å². The Morgan fingerprint density at radius 2 is 1.81 bits per heavy atom. The van der Waals surface area contributed by atoms with Crippen LogP contribution >= 0.6 is 0 Å². The summed E-state index contributed by atoms with van der Waals surface area (Å²) in [7, 11) is 1.57. The molecule has 2 N–H and O–H groups in total. The second kappa shape index (κ2) is 8.26. The standard InChI is InChI=1S/C24H27N3O5/c1-25-23(29)21-14-27(17-7-3-4-8-18(17)30-21)15-22(28)26-16-9-10-19-20(13-16)32-24(31-19)11-5-2-6-12-24/h3-4,7-10,13,21H,2,5-6,11-12,14-15H2,1H3,(H,25,29)(H,26,28)/t21-/m1/s1. The fraction of sp³-hybridized carbons (Fsp3) is 0.417. The predicted octanol–water partition coefficient (Wildman–Crippen LogP) is 3.07. The summed E-state index contributed by atoms with van der Waals surface area (Å²) in [6, 6.07) is 12.9. The van der Waals surface area contributed by atoms with Gasteiger partial charge in [-0.15, -0.1) is 0 Å². The van der Waals surface area contributed by atoms with Crippen molar-refractivity contribution in [3.63, 3.8) is 0 Å². The summed E-state index contributed by atoms with van der Waals surface area (Å²) < 4.78 is 18.1. The van der Waals surface area contributed by atoms with Crippen molar-refractivity contribution in [1.29, 1.82) is 0 Å². The third kappa shape index (κ3) is 3.92. The van der Waals surface area contributed by atoms with Crippen LogP contribution in [0, 0.1) is 0 Å². The number of carbonyl (C=O) groups is 2. The highest BCUT2D eigenvalue weighted by Crippen LogP contribution is 2.46. The number of fused-ring (bicyclic) bond motifs is 2. The van der Waals surface area contributed by atoms with E-state index in [4.69, 9.17) is 14.2 Å². The van der Waals surface area contributed by atoms with Crippen molar-refractivity contribution >= 4 is 23.2 Å². The van der Waals surface area contributed by atoms with Crippen LogP contribution in [-0.4, -0.2) is 43.8 Å². The number of anilines is 2. The highest BCUT2D eigenvalue weighted by Gasteiger charge is 2.42. The lowest BCUT2D eigenvalue weighted by Crippen LogP contribution is -2.50. The monoisotopic (exact) mass is 437 g/mol. The lowest BCUT2D eigenvalue weighted by atomic mass is 9.94. The van der Waals surface area contributed by atoms with Crippen molar-refractivity contribution in [3.05, 3.63) is 42.5 Å². The number of rotatable bonds is 4. The molecular formula is C24H27N3O5. The maximum atomic E-state index is 12.9. The maximum absolute atomic E-state index is 12.9. The van der Waals surface area contributed by atoms with Crippen molar-refractivity contribution < 1.29 is 23.8 Å². The molecule has 1 spiro atoms. The molecule has 32 heavy (non-hydrogen) atoms. The second-order valence-corrected chi connectivity index (χ2v) is 8.45. The Morgan fingerprint density at radius 3 is 2.62 bits per heavy atom. The molecular weight excluding hydrogens is 410 g/mol. The van der Waals surface area contributed by atoms with E-state index >= 15 is 0 Å². The lowest BCUT2D eigenvalue weighted by Gasteiger charge is -2.34. The first-order valence-electron chi connectivity index (χ1n) is 11.1. The molecule has 2 aliphatic heterocycles. The number of benzene rings is 2. The van der Waals surface area contributed by atoms with E-state index in [1.165, 1.54) is 6.42 Å². The maximum Gasteiger partial charge on any atom is 0.262 e. The predicted molar refractivity (Wildman–Crippen MR) is 119 cm³/mol. The minimum atomic E-state index is -0.681. The Morgan fingerprint density at radius 1 is 1.03 bits per heavy atom. The van der Waals surface area contributed by atoms with Crippen molar-refractivity contribution in [3.8, 4) is 17.2 Å². The first-order chi connectivity index (χ1) is 15.5. The minimum absolute atomic E-state index is 0.0895. The van der Waals surface area contributed by atoms with E-state index in [2.05, 4.69) is 10.6 Å². The molecule has 0 radical (unpaired) electrons. The Bertz CT molecular complexity index is 1030. The summed E-state index contributed by atoms with van der Waals surface area (Å²) in [5.41, 5.74) is 1.43. The van der Waals surface area contributed by atoms with Gasteiger partial charge < -0.3 is 29.7 Å². The van der Waals surface area contributed by atoms with Crippen LogP contribution in [0.25, 0.3) is 0 Å². The van der Waals surface area contributed by atoms with Gasteiger partial charge in [0.1, 0.15) is 5.75 Å². The fourth-order valence-corrected chi connectivity index (χ4v) is 4.59. The molecule has 2 aromatic rings. The average molecular weight is 437 g/mol. The van der Waals surface area contributed by atoms with Crippen LogP contribution in [0.1, 0.15) is 32.1 Å². The van der Waals surface area contributed by atoms with Crippen LogP contribution in [0.3, 0.4) is 0 Å². The SMILES string of the molecule is CNC(=O)[C@H]1CN(CC(=O)Nc2ccc3c(c2)OC2(CCCCC2)O3)c2ccccc2O1. The normalized spacial score (nSPS) is 20.3. The molecule has 0 aromatic heterocycles. The van der Waals surface area contributed by atoms with Crippen molar-refractivity contribution in [2.45, 2.75) is 44.0 Å². The summed E-state index contributed by atoms with van der Waals surface area (Å²) in [6.07, 6.45) is 4.47. The molecule has 1 saturated carbocycles. The van der Waals surface area contributed by atoms with E-state index in [-0.39, 0.29) is 24.9 Å². The number of para-hydroxylation sites is 2. The van der Waals surface area contributed by atoms with Gasteiger partial charge in [0.25, 0.3) is 11.7 Å². The zero-order valence-corrected chi connectivity index (χ0v) is 18.1. The molecule has 2 aromatic carbocycles. The van der Waals surface area contributed by atoms with Crippen molar-refractivity contribution in [1.82, 2.24) is 5.32 Å². The molecule has 0 unspecified atom stereocenters. The number of likely N-dealkylation sites (N-methyl/N-ethyl adjacent to an activating group) is 1. The summed E-state index contributed by atoms with van der Waals surface area (Å²) in [6.45, 7) is 0.375. The van der Waals surface area contributed by atoms with Gasteiger partial charge in [-0.2, -0.15) is 0 Å². The fourth-order valence-electron chi connectivity index (χ4n) is 4.59. The number of amides is 2. The number of carbonyl (C=O) groups excluding carboxylic acids is 2. The van der Waals surface area contributed by atoms with E-state index in [1.807, 2.05) is 41.3 Å². The van der Waals surface area contributed by atoms with E-state index in [9.17, 15) is 9.59 Å². The lowest BCUT2D eigenvalue weighted by molar-refractivity contribution is -0.127. The third-order valence-electron chi connectivity index (χ3n) is 6.17. The van der Waals surface area contributed by atoms with Gasteiger partial charge in [-0.25, -0.2) is 0 Å². The topological polar surface area (TPSA) is 89.1 Å². The molecule has 2 amide bonds. The minimum Gasteiger partial charge on any atom is -0.477 e. The van der Waals surface area contributed by atoms with Gasteiger partial charge >= 0.3 is 0 Å². The van der Waals surface area contributed by atoms with Gasteiger partial charge in [-0.1, -0.05) is 18.6 Å². The van der Waals surface area contributed by atoms with Gasteiger partial charge in [0.15, 0.2) is 17.6 Å². The summed E-state index contributed by atoms with van der Waals surface area (Å²) in [4.78, 5) is 26.9. The van der Waals surface area contributed by atoms with E-state index in [0.29, 0.717) is 17.2 Å². The molecule has 0 saturated heterocycles. The Kier molecular flexibility index (Phi) is 5.28. The van der Waals surface area contributed by atoms with Crippen LogP contribution in [0.5, 0.6) is 17.2 Å². The Labute approximate surface area is 186 Å². The highest BCUT2D eigenvalue weighted by molar-refractivity contribution is 5.95. The molecule has 2 heterocycles. The number of nitrogens with zero attached hydrogens (tertiary/aromatic N) is 1. The first-order valence-corrected chi connectivity index (χ1v) is 11.1. The van der Waals surface area contributed by atoms with Crippen LogP contribution in [0.4, 0.5) is 11.4 Å². The number of ether oxygens (including phenoxy) is 3. The van der Waals surface area contributed by atoms with E-state index < -0.39 is 11.9 Å². The molecule has 5 rings (SSSR count). The zero-order valence-electron chi connectivity index (χ0n) is 18.1. The average Bonchev–Trinajstić information content (AvgIpc) is 3.15. The molecule has 0 bridgehead atoms. The molecule has 1 fully saturated rings. The Balaban J connectivity index is 1.27. The smallest absolute Gasteiger partial charge is 0.262 e. The number of nitrogens with one attached hydrogen (secondary N) is 2. The van der Waals surface area contributed by atoms with Gasteiger partial charge in [-0.05, 0) is 37.1 Å².